The van der Waals surface area contributed by atoms with Crippen LogP contribution in [0.25, 0.3) is 11.4 Å². The third-order valence-electron chi connectivity index (χ3n) is 4.53. The molecule has 0 aliphatic rings. The molecule has 1 amide bonds. The van der Waals surface area contributed by atoms with Crippen molar-refractivity contribution in [3.8, 4) is 11.4 Å². The lowest BCUT2D eigenvalue weighted by molar-refractivity contribution is -0.116. The predicted octanol–water partition coefficient (Wildman–Crippen LogP) is 2.63. The monoisotopic (exact) mass is 444 g/mol. The third-order valence-corrected chi connectivity index (χ3v) is 6.01. The van der Waals surface area contributed by atoms with Gasteiger partial charge in [-0.05, 0) is 35.2 Å². The molecule has 10 heteroatoms. The summed E-state index contributed by atoms with van der Waals surface area (Å²) in [5, 5.41) is 6.28. The lowest BCUT2D eigenvalue weighted by Gasteiger charge is -2.19. The fourth-order valence-corrected chi connectivity index (χ4v) is 3.87. The number of hydrogen-bond donors (Lipinski definition) is 3. The van der Waals surface area contributed by atoms with Crippen molar-refractivity contribution < 1.29 is 17.7 Å². The average molecular weight is 445 g/mol. The van der Waals surface area contributed by atoms with Gasteiger partial charge in [0.1, 0.15) is 0 Å². The van der Waals surface area contributed by atoms with E-state index in [-0.39, 0.29) is 35.0 Å². The highest BCUT2D eigenvalue weighted by Crippen LogP contribution is 2.23. The van der Waals surface area contributed by atoms with E-state index in [1.165, 1.54) is 0 Å². The second-order valence-corrected chi connectivity index (χ2v) is 9.76. The van der Waals surface area contributed by atoms with E-state index in [0.717, 1.165) is 5.56 Å². The summed E-state index contributed by atoms with van der Waals surface area (Å²) in [6.45, 7) is 6.10. The Morgan fingerprint density at radius 3 is 2.45 bits per heavy atom. The van der Waals surface area contributed by atoms with Crippen molar-refractivity contribution in [3.05, 3.63) is 64.6 Å². The van der Waals surface area contributed by atoms with E-state index in [1.807, 2.05) is 20.8 Å². The van der Waals surface area contributed by atoms with Gasteiger partial charge in [0.2, 0.25) is 15.9 Å². The number of nitrogens with zero attached hydrogens (tertiary/aromatic N) is 1. The minimum absolute atomic E-state index is 0.0501. The molecular weight excluding hydrogens is 420 g/mol. The van der Waals surface area contributed by atoms with Crippen LogP contribution in [0.4, 0.5) is 5.69 Å². The van der Waals surface area contributed by atoms with Crippen LogP contribution in [-0.2, 0) is 20.2 Å². The fraction of sp³-hybridized carbons (Fsp3) is 0.286. The smallest absolute Gasteiger partial charge is 0.326 e. The molecule has 0 aliphatic carbocycles. The first kappa shape index (κ1) is 22.4. The Hall–Kier alpha value is -3.24. The van der Waals surface area contributed by atoms with E-state index in [2.05, 4.69) is 24.7 Å². The summed E-state index contributed by atoms with van der Waals surface area (Å²) < 4.78 is 31.8. The Labute approximate surface area is 179 Å². The highest BCUT2D eigenvalue weighted by Gasteiger charge is 2.17. The maximum atomic E-state index is 12.4. The lowest BCUT2D eigenvalue weighted by atomic mass is 9.87. The molecule has 3 N–H and O–H groups in total. The van der Waals surface area contributed by atoms with E-state index in [1.54, 1.807) is 48.5 Å². The van der Waals surface area contributed by atoms with Gasteiger partial charge in [-0.1, -0.05) is 50.2 Å². The molecule has 0 unspecified atom stereocenters. The zero-order valence-corrected chi connectivity index (χ0v) is 18.2. The molecule has 1 heterocycles. The Morgan fingerprint density at radius 2 is 1.84 bits per heavy atom. The minimum Gasteiger partial charge on any atom is -0.326 e. The number of anilines is 1. The van der Waals surface area contributed by atoms with Crippen molar-refractivity contribution in [2.75, 3.05) is 11.9 Å². The molecule has 0 saturated carbocycles. The van der Waals surface area contributed by atoms with Crippen LogP contribution in [0.3, 0.4) is 0 Å². The molecule has 2 aromatic carbocycles. The van der Waals surface area contributed by atoms with Crippen LogP contribution in [0.5, 0.6) is 0 Å². The quantitative estimate of drug-likeness (QED) is 0.513. The first-order valence-corrected chi connectivity index (χ1v) is 11.1. The van der Waals surface area contributed by atoms with Crippen LogP contribution >= 0.6 is 0 Å². The first-order chi connectivity index (χ1) is 14.5. The summed E-state index contributed by atoms with van der Waals surface area (Å²) in [5.74, 6) is -0.798. The minimum atomic E-state index is -3.71. The van der Waals surface area contributed by atoms with Crippen LogP contribution in [0, 0.1) is 0 Å². The van der Waals surface area contributed by atoms with Crippen molar-refractivity contribution in [1.82, 2.24) is 14.9 Å². The summed E-state index contributed by atoms with van der Waals surface area (Å²) in [6, 6.07) is 13.4. The maximum Gasteiger partial charge on any atom is 0.439 e. The molecule has 0 fully saturated rings. The summed E-state index contributed by atoms with van der Waals surface area (Å²) >= 11 is 0. The van der Waals surface area contributed by atoms with Gasteiger partial charge in [0.15, 0.2) is 5.82 Å². The van der Waals surface area contributed by atoms with E-state index in [4.69, 9.17) is 0 Å². The van der Waals surface area contributed by atoms with E-state index in [0.29, 0.717) is 11.3 Å². The molecule has 1 aromatic heterocycles. The number of nitrogens with one attached hydrogen (secondary N) is 3. The number of amides is 1. The first-order valence-electron chi connectivity index (χ1n) is 9.61. The topological polar surface area (TPSA) is 134 Å². The second-order valence-electron chi connectivity index (χ2n) is 7.99. The SMILES string of the molecule is CC(C)(C)c1ccc(S(=O)(=O)NCCC(=O)Nc2cccc(-c3noc(=O)[nH]3)c2)cc1. The standard InChI is InChI=1S/C21H24N4O5S/c1-21(2,3)15-7-9-17(10-8-15)31(28,29)22-12-11-18(26)23-16-6-4-5-14(13-16)19-24-20(27)30-25-19/h4-10,13,22H,11-12H2,1-3H3,(H,23,26)(H,24,25,27). The van der Waals surface area contributed by atoms with Crippen molar-refractivity contribution in [3.63, 3.8) is 0 Å². The van der Waals surface area contributed by atoms with E-state index >= 15 is 0 Å². The molecule has 0 aliphatic heterocycles. The Kier molecular flexibility index (Phi) is 6.42. The molecule has 9 nitrogen and oxygen atoms in total. The number of H-pyrrole nitrogens is 1. The zero-order valence-electron chi connectivity index (χ0n) is 17.4. The Bertz CT molecular complexity index is 1220. The molecule has 31 heavy (non-hydrogen) atoms. The van der Waals surface area contributed by atoms with Crippen molar-refractivity contribution in [2.24, 2.45) is 0 Å². The van der Waals surface area contributed by atoms with Crippen LogP contribution in [0.1, 0.15) is 32.8 Å². The van der Waals surface area contributed by atoms with Gasteiger partial charge in [-0.15, -0.1) is 0 Å². The van der Waals surface area contributed by atoms with Gasteiger partial charge in [-0.3, -0.25) is 14.3 Å². The van der Waals surface area contributed by atoms with Crippen molar-refractivity contribution >= 4 is 21.6 Å². The average Bonchev–Trinajstić information content (AvgIpc) is 3.14. The number of aromatic nitrogens is 2. The van der Waals surface area contributed by atoms with Gasteiger partial charge in [0.05, 0.1) is 4.90 Å². The van der Waals surface area contributed by atoms with Crippen LogP contribution in [-0.4, -0.2) is 31.0 Å². The van der Waals surface area contributed by atoms with Gasteiger partial charge in [0.25, 0.3) is 0 Å². The molecule has 0 radical (unpaired) electrons. The Morgan fingerprint density at radius 1 is 1.13 bits per heavy atom. The van der Waals surface area contributed by atoms with Crippen molar-refractivity contribution in [2.45, 2.75) is 37.5 Å². The molecule has 0 spiro atoms. The highest BCUT2D eigenvalue weighted by atomic mass is 32.2. The summed E-state index contributed by atoms with van der Waals surface area (Å²) in [5.41, 5.74) is 1.99. The van der Waals surface area contributed by atoms with Crippen LogP contribution in [0.15, 0.2) is 62.7 Å². The maximum absolute atomic E-state index is 12.4. The number of sulfonamides is 1. The molecule has 0 atom stereocenters. The largest absolute Gasteiger partial charge is 0.439 e. The van der Waals surface area contributed by atoms with Crippen LogP contribution in [0.2, 0.25) is 0 Å². The number of rotatable bonds is 7. The van der Waals surface area contributed by atoms with E-state index < -0.39 is 15.8 Å². The second kappa shape index (κ2) is 8.86. The summed E-state index contributed by atoms with van der Waals surface area (Å²) in [6.07, 6.45) is -0.0513. The molecule has 3 rings (SSSR count). The van der Waals surface area contributed by atoms with Crippen molar-refractivity contribution in [1.29, 1.82) is 0 Å². The lowest BCUT2D eigenvalue weighted by Crippen LogP contribution is -2.28. The molecule has 0 bridgehead atoms. The zero-order chi connectivity index (χ0) is 22.6. The number of carbonyl (C=O) groups excluding carboxylic acids is 1. The van der Waals surface area contributed by atoms with Gasteiger partial charge in [0, 0.05) is 24.2 Å². The molecule has 0 saturated heterocycles. The van der Waals surface area contributed by atoms with Gasteiger partial charge in [-0.25, -0.2) is 17.9 Å². The normalized spacial score (nSPS) is 12.0. The number of carbonyl (C=O) groups is 1. The molecular formula is C21H24N4O5S. The van der Waals surface area contributed by atoms with Crippen LogP contribution < -0.4 is 15.8 Å². The summed E-state index contributed by atoms with van der Waals surface area (Å²) in [7, 11) is -3.71. The molecule has 164 valence electrons. The predicted molar refractivity (Wildman–Crippen MR) is 116 cm³/mol. The number of benzene rings is 2. The van der Waals surface area contributed by atoms with Gasteiger partial charge < -0.3 is 5.32 Å². The summed E-state index contributed by atoms with van der Waals surface area (Å²) in [4.78, 5) is 25.9. The number of hydrogen-bond acceptors (Lipinski definition) is 6. The molecule has 3 aromatic rings. The van der Waals surface area contributed by atoms with Gasteiger partial charge in [-0.2, -0.15) is 0 Å². The highest BCUT2D eigenvalue weighted by molar-refractivity contribution is 7.89. The third kappa shape index (κ3) is 5.89. The van der Waals surface area contributed by atoms with E-state index in [9.17, 15) is 18.0 Å². The fourth-order valence-electron chi connectivity index (χ4n) is 2.84. The van der Waals surface area contributed by atoms with Gasteiger partial charge >= 0.3 is 5.76 Å². The Balaban J connectivity index is 1.56. The number of aromatic amines is 1.